The van der Waals surface area contributed by atoms with Crippen LogP contribution in [0.1, 0.15) is 5.76 Å². The highest BCUT2D eigenvalue weighted by Gasteiger charge is 2.02. The fraction of sp³-hybridized carbons (Fsp3) is 0. The van der Waals surface area contributed by atoms with Crippen molar-refractivity contribution < 1.29 is 9.62 Å². The van der Waals surface area contributed by atoms with Crippen LogP contribution in [0.15, 0.2) is 21.7 Å². The molecule has 0 atom stereocenters. The second-order valence-corrected chi connectivity index (χ2v) is 2.65. The molecule has 1 heterocycles. The third kappa shape index (κ3) is 1.41. The average Bonchev–Trinajstić information content (AvgIpc) is 2.34. The standard InChI is InChI=1S/C5H5IN2O2/c6-4-2-1-3(10-4)5(7)8-9/h1-2,9H,(H2,7,8). The Balaban J connectivity index is 2.95. The van der Waals surface area contributed by atoms with Crippen LogP contribution in [0.4, 0.5) is 0 Å². The van der Waals surface area contributed by atoms with Crippen molar-refractivity contribution >= 4 is 28.4 Å². The van der Waals surface area contributed by atoms with Crippen molar-refractivity contribution in [1.82, 2.24) is 0 Å². The Kier molecular flexibility index (Phi) is 2.15. The Bertz CT molecular complexity index is 256. The van der Waals surface area contributed by atoms with Crippen LogP contribution in [0.5, 0.6) is 0 Å². The molecule has 0 aromatic carbocycles. The summed E-state index contributed by atoms with van der Waals surface area (Å²) in [6.07, 6.45) is 0. The second kappa shape index (κ2) is 2.91. The van der Waals surface area contributed by atoms with Crippen LogP contribution in [-0.2, 0) is 0 Å². The van der Waals surface area contributed by atoms with Gasteiger partial charge in [-0.15, -0.1) is 0 Å². The number of hydrogen-bond acceptors (Lipinski definition) is 3. The van der Waals surface area contributed by atoms with Gasteiger partial charge in [0.25, 0.3) is 0 Å². The quantitative estimate of drug-likeness (QED) is 0.257. The maximum atomic E-state index is 8.20. The molecule has 0 unspecified atom stereocenters. The van der Waals surface area contributed by atoms with E-state index in [1.165, 1.54) is 0 Å². The minimum Gasteiger partial charge on any atom is -0.447 e. The monoisotopic (exact) mass is 252 g/mol. The number of halogens is 1. The lowest BCUT2D eigenvalue weighted by atomic mass is 10.4. The van der Waals surface area contributed by atoms with Crippen LogP contribution in [0.3, 0.4) is 0 Å². The van der Waals surface area contributed by atoms with Gasteiger partial charge >= 0.3 is 0 Å². The highest BCUT2D eigenvalue weighted by molar-refractivity contribution is 14.1. The molecular formula is C5H5IN2O2. The van der Waals surface area contributed by atoms with Crippen LogP contribution in [0.2, 0.25) is 0 Å². The van der Waals surface area contributed by atoms with E-state index in [0.29, 0.717) is 9.53 Å². The first-order valence-corrected chi connectivity index (χ1v) is 3.55. The number of nitrogens with two attached hydrogens (primary N) is 1. The van der Waals surface area contributed by atoms with E-state index in [1.54, 1.807) is 12.1 Å². The number of amidine groups is 1. The van der Waals surface area contributed by atoms with Gasteiger partial charge in [0.2, 0.25) is 5.84 Å². The first-order chi connectivity index (χ1) is 4.74. The highest BCUT2D eigenvalue weighted by atomic mass is 127. The summed E-state index contributed by atoms with van der Waals surface area (Å²) in [6, 6.07) is 3.37. The van der Waals surface area contributed by atoms with Crippen molar-refractivity contribution in [3.05, 3.63) is 21.7 Å². The molecule has 1 rings (SSSR count). The summed E-state index contributed by atoms with van der Waals surface area (Å²) in [5.41, 5.74) is 5.21. The summed E-state index contributed by atoms with van der Waals surface area (Å²) in [7, 11) is 0. The predicted molar refractivity (Wildman–Crippen MR) is 43.9 cm³/mol. The van der Waals surface area contributed by atoms with Gasteiger partial charge in [0, 0.05) is 0 Å². The number of furan rings is 1. The SMILES string of the molecule is N/C(=N\O)c1ccc(I)o1. The first-order valence-electron chi connectivity index (χ1n) is 2.47. The van der Waals surface area contributed by atoms with Crippen molar-refractivity contribution in [1.29, 1.82) is 0 Å². The van der Waals surface area contributed by atoms with Crippen molar-refractivity contribution in [2.75, 3.05) is 0 Å². The number of nitrogens with zero attached hydrogens (tertiary/aromatic N) is 1. The molecule has 0 saturated heterocycles. The van der Waals surface area contributed by atoms with Crippen LogP contribution in [0.25, 0.3) is 0 Å². The Morgan fingerprint density at radius 3 is 2.80 bits per heavy atom. The molecule has 3 N–H and O–H groups in total. The van der Waals surface area contributed by atoms with E-state index < -0.39 is 0 Å². The van der Waals surface area contributed by atoms with Crippen LogP contribution in [-0.4, -0.2) is 11.0 Å². The molecule has 0 amide bonds. The lowest BCUT2D eigenvalue weighted by Crippen LogP contribution is -2.11. The molecule has 0 aliphatic heterocycles. The summed E-state index contributed by atoms with van der Waals surface area (Å²) in [5.74, 6) is 0.370. The average molecular weight is 252 g/mol. The zero-order valence-corrected chi connectivity index (χ0v) is 7.07. The minimum absolute atomic E-state index is 0.0112. The molecule has 1 aromatic rings. The van der Waals surface area contributed by atoms with Crippen LogP contribution < -0.4 is 5.73 Å². The van der Waals surface area contributed by atoms with E-state index in [9.17, 15) is 0 Å². The van der Waals surface area contributed by atoms with Gasteiger partial charge in [-0.25, -0.2) is 0 Å². The fourth-order valence-corrected chi connectivity index (χ4v) is 0.918. The predicted octanol–water partition coefficient (Wildman–Crippen LogP) is 0.979. The zero-order chi connectivity index (χ0) is 7.56. The van der Waals surface area contributed by atoms with Gasteiger partial charge in [0.05, 0.1) is 0 Å². The molecule has 0 radical (unpaired) electrons. The summed E-state index contributed by atoms with van der Waals surface area (Å²) < 4.78 is 5.71. The van der Waals surface area contributed by atoms with Crippen molar-refractivity contribution in [3.8, 4) is 0 Å². The van der Waals surface area contributed by atoms with E-state index in [0.717, 1.165) is 0 Å². The second-order valence-electron chi connectivity index (χ2n) is 1.59. The van der Waals surface area contributed by atoms with E-state index in [-0.39, 0.29) is 5.84 Å². The lowest BCUT2D eigenvalue weighted by molar-refractivity contribution is 0.317. The van der Waals surface area contributed by atoms with Gasteiger partial charge < -0.3 is 15.4 Å². The lowest BCUT2D eigenvalue weighted by Gasteiger charge is -1.88. The molecule has 0 aliphatic carbocycles. The minimum atomic E-state index is -0.0112. The van der Waals surface area contributed by atoms with Crippen LogP contribution >= 0.6 is 22.6 Å². The van der Waals surface area contributed by atoms with E-state index in [4.69, 9.17) is 15.4 Å². The fourth-order valence-electron chi connectivity index (χ4n) is 0.501. The third-order valence-electron chi connectivity index (χ3n) is 0.933. The third-order valence-corrected chi connectivity index (χ3v) is 1.51. The topological polar surface area (TPSA) is 71.8 Å². The van der Waals surface area contributed by atoms with Crippen molar-refractivity contribution in [2.24, 2.45) is 10.9 Å². The van der Waals surface area contributed by atoms with E-state index in [2.05, 4.69) is 5.16 Å². The molecule has 0 bridgehead atoms. The highest BCUT2D eigenvalue weighted by Crippen LogP contribution is 2.08. The molecule has 1 aromatic heterocycles. The van der Waals surface area contributed by atoms with Gasteiger partial charge in [-0.3, -0.25) is 0 Å². The molecule has 5 heteroatoms. The van der Waals surface area contributed by atoms with Gasteiger partial charge in [-0.2, -0.15) is 0 Å². The summed E-state index contributed by atoms with van der Waals surface area (Å²) in [4.78, 5) is 0. The maximum Gasteiger partial charge on any atom is 0.205 e. The van der Waals surface area contributed by atoms with Gasteiger partial charge in [0.15, 0.2) is 9.53 Å². The Hall–Kier alpha value is -0.720. The Morgan fingerprint density at radius 1 is 1.70 bits per heavy atom. The molecule has 0 aliphatic rings. The molecular weight excluding hydrogens is 247 g/mol. The van der Waals surface area contributed by atoms with Gasteiger partial charge in [-0.05, 0) is 34.7 Å². The van der Waals surface area contributed by atoms with E-state index >= 15 is 0 Å². The van der Waals surface area contributed by atoms with Crippen LogP contribution in [0, 0.1) is 3.77 Å². The number of rotatable bonds is 1. The summed E-state index contributed by atoms with van der Waals surface area (Å²) in [5, 5.41) is 11.0. The molecule has 10 heavy (non-hydrogen) atoms. The number of oxime groups is 1. The Labute approximate surface area is 70.8 Å². The van der Waals surface area contributed by atoms with Crippen molar-refractivity contribution in [2.45, 2.75) is 0 Å². The van der Waals surface area contributed by atoms with Crippen molar-refractivity contribution in [3.63, 3.8) is 0 Å². The summed E-state index contributed by atoms with van der Waals surface area (Å²) in [6.45, 7) is 0. The summed E-state index contributed by atoms with van der Waals surface area (Å²) >= 11 is 1.99. The molecule has 0 spiro atoms. The largest absolute Gasteiger partial charge is 0.447 e. The van der Waals surface area contributed by atoms with E-state index in [1.807, 2.05) is 22.6 Å². The molecule has 4 nitrogen and oxygen atoms in total. The molecule has 54 valence electrons. The Morgan fingerprint density at radius 2 is 2.40 bits per heavy atom. The smallest absolute Gasteiger partial charge is 0.205 e. The van der Waals surface area contributed by atoms with Gasteiger partial charge in [0.1, 0.15) is 0 Å². The first kappa shape index (κ1) is 7.39. The number of hydrogen-bond donors (Lipinski definition) is 2. The molecule has 0 saturated carbocycles. The zero-order valence-electron chi connectivity index (χ0n) is 4.91. The van der Waals surface area contributed by atoms with Gasteiger partial charge in [-0.1, -0.05) is 5.16 Å². The molecule has 0 fully saturated rings. The maximum absolute atomic E-state index is 8.20. The normalized spacial score (nSPS) is 11.9.